The largest absolute Gasteiger partial charge is 0.356 e. The highest BCUT2D eigenvalue weighted by atomic mass is 35.5. The first-order valence-electron chi connectivity index (χ1n) is 12.1. The smallest absolute Gasteiger partial charge is 0.229 e. The van der Waals surface area contributed by atoms with Gasteiger partial charge in [-0.2, -0.15) is 9.97 Å². The average molecular weight is 456 g/mol. The van der Waals surface area contributed by atoms with E-state index in [1.165, 1.54) is 32.1 Å². The first kappa shape index (κ1) is 21.6. The summed E-state index contributed by atoms with van der Waals surface area (Å²) >= 11 is 6.42. The minimum Gasteiger partial charge on any atom is -0.356 e. The number of hydrogen-bond donors (Lipinski definition) is 0. The Balaban J connectivity index is 1.42. The van der Waals surface area contributed by atoms with Gasteiger partial charge in [0.15, 0.2) is 0 Å². The van der Waals surface area contributed by atoms with E-state index in [1.54, 1.807) is 0 Å². The van der Waals surface area contributed by atoms with Crippen LogP contribution in [-0.4, -0.2) is 66.3 Å². The van der Waals surface area contributed by atoms with Crippen molar-refractivity contribution in [2.24, 2.45) is 0 Å². The molecule has 0 saturated carbocycles. The molecule has 0 aromatic carbocycles. The lowest BCUT2D eigenvalue weighted by Crippen LogP contribution is -2.53. The van der Waals surface area contributed by atoms with Gasteiger partial charge in [-0.3, -0.25) is 0 Å². The van der Waals surface area contributed by atoms with E-state index in [1.807, 2.05) is 18.3 Å². The predicted molar refractivity (Wildman–Crippen MR) is 132 cm³/mol. The lowest BCUT2D eigenvalue weighted by Gasteiger charge is -2.42. The van der Waals surface area contributed by atoms with Crippen molar-refractivity contribution in [2.45, 2.75) is 58.0 Å². The van der Waals surface area contributed by atoms with E-state index in [4.69, 9.17) is 21.6 Å². The van der Waals surface area contributed by atoms with Gasteiger partial charge in [0.2, 0.25) is 5.95 Å². The van der Waals surface area contributed by atoms with Crippen molar-refractivity contribution in [2.75, 3.05) is 58.9 Å². The standard InChI is InChI=1S/C24H34ClN7/c1-18-8-7-13-32(18)24-27-21(29-11-4-3-5-12-29)16-22(28-24)31-15-14-30(17-19(31)2)23-20(25)9-6-10-26-23/h6,9-10,16,18-19H,3-5,7-8,11-15,17H2,1-2H3/t18-,19-/m1/s1. The molecule has 3 aliphatic heterocycles. The van der Waals surface area contributed by atoms with Crippen LogP contribution in [0.1, 0.15) is 46.0 Å². The molecule has 2 aromatic rings. The zero-order chi connectivity index (χ0) is 22.1. The number of piperazine rings is 1. The summed E-state index contributed by atoms with van der Waals surface area (Å²) in [6.45, 7) is 10.4. The quantitative estimate of drug-likeness (QED) is 0.684. The normalized spacial score (nSPS) is 24.3. The molecular weight excluding hydrogens is 422 g/mol. The number of pyridine rings is 1. The summed E-state index contributed by atoms with van der Waals surface area (Å²) in [6, 6.07) is 6.82. The summed E-state index contributed by atoms with van der Waals surface area (Å²) in [5.74, 6) is 3.92. The Hall–Kier alpha value is -2.28. The first-order valence-corrected chi connectivity index (χ1v) is 12.5. The van der Waals surface area contributed by atoms with Crippen LogP contribution in [0.4, 0.5) is 23.4 Å². The van der Waals surface area contributed by atoms with Crippen LogP contribution in [0.3, 0.4) is 0 Å². The highest BCUT2D eigenvalue weighted by molar-refractivity contribution is 6.32. The summed E-state index contributed by atoms with van der Waals surface area (Å²) in [4.78, 5) is 24.3. The third-order valence-electron chi connectivity index (χ3n) is 7.14. The molecule has 0 unspecified atom stereocenters. The van der Waals surface area contributed by atoms with Gasteiger partial charge < -0.3 is 19.6 Å². The Morgan fingerprint density at radius 3 is 2.38 bits per heavy atom. The summed E-state index contributed by atoms with van der Waals surface area (Å²) in [5.41, 5.74) is 0. The molecule has 5 heterocycles. The van der Waals surface area contributed by atoms with Gasteiger partial charge in [0.05, 0.1) is 5.02 Å². The van der Waals surface area contributed by atoms with E-state index < -0.39 is 0 Å². The molecule has 0 aliphatic carbocycles. The fraction of sp³-hybridized carbons (Fsp3) is 0.625. The number of rotatable bonds is 4. The van der Waals surface area contributed by atoms with E-state index in [0.29, 0.717) is 17.1 Å². The number of halogens is 1. The topological polar surface area (TPSA) is 51.6 Å². The summed E-state index contributed by atoms with van der Waals surface area (Å²) < 4.78 is 0. The van der Waals surface area contributed by atoms with Crippen LogP contribution in [-0.2, 0) is 0 Å². The molecular formula is C24H34ClN7. The van der Waals surface area contributed by atoms with E-state index in [9.17, 15) is 0 Å². The molecule has 7 nitrogen and oxygen atoms in total. The monoisotopic (exact) mass is 455 g/mol. The molecule has 3 saturated heterocycles. The fourth-order valence-corrected chi connectivity index (χ4v) is 5.54. The van der Waals surface area contributed by atoms with Crippen molar-refractivity contribution in [3.05, 3.63) is 29.4 Å². The highest BCUT2D eigenvalue weighted by Gasteiger charge is 2.30. The van der Waals surface area contributed by atoms with Gasteiger partial charge in [-0.25, -0.2) is 4.98 Å². The fourth-order valence-electron chi connectivity index (χ4n) is 5.30. The second-order valence-corrected chi connectivity index (χ2v) is 9.82. The molecule has 0 bridgehead atoms. The van der Waals surface area contributed by atoms with Gasteiger partial charge in [-0.1, -0.05) is 11.6 Å². The maximum Gasteiger partial charge on any atom is 0.229 e. The van der Waals surface area contributed by atoms with Crippen LogP contribution in [0.5, 0.6) is 0 Å². The van der Waals surface area contributed by atoms with Gasteiger partial charge in [0.25, 0.3) is 0 Å². The zero-order valence-electron chi connectivity index (χ0n) is 19.3. The van der Waals surface area contributed by atoms with E-state index in [2.05, 4.69) is 44.5 Å². The SMILES string of the molecule is C[C@@H]1CN(c2ncccc2Cl)CCN1c1cc(N2CCCCC2)nc(N2CCC[C@H]2C)n1. The molecule has 172 valence electrons. The molecule has 2 atom stereocenters. The van der Waals surface area contributed by atoms with Crippen LogP contribution >= 0.6 is 11.6 Å². The molecule has 2 aromatic heterocycles. The lowest BCUT2D eigenvalue weighted by molar-refractivity contribution is 0.540. The summed E-state index contributed by atoms with van der Waals surface area (Å²) in [7, 11) is 0. The minimum absolute atomic E-state index is 0.301. The average Bonchev–Trinajstić information content (AvgIpc) is 3.25. The molecule has 0 radical (unpaired) electrons. The van der Waals surface area contributed by atoms with E-state index in [-0.39, 0.29) is 0 Å². The number of hydrogen-bond acceptors (Lipinski definition) is 7. The predicted octanol–water partition coefficient (Wildman–Crippen LogP) is 4.22. The molecule has 32 heavy (non-hydrogen) atoms. The van der Waals surface area contributed by atoms with E-state index in [0.717, 1.165) is 62.7 Å². The van der Waals surface area contributed by atoms with Gasteiger partial charge in [-0.05, 0) is 58.1 Å². The Morgan fingerprint density at radius 2 is 1.66 bits per heavy atom. The summed E-state index contributed by atoms with van der Waals surface area (Å²) in [5, 5.41) is 0.716. The molecule has 8 heteroatoms. The van der Waals surface area contributed by atoms with Crippen molar-refractivity contribution in [1.82, 2.24) is 15.0 Å². The molecule has 0 N–H and O–H groups in total. The minimum atomic E-state index is 0.301. The van der Waals surface area contributed by atoms with Crippen LogP contribution in [0.25, 0.3) is 0 Å². The number of nitrogens with zero attached hydrogens (tertiary/aromatic N) is 7. The molecule has 5 rings (SSSR count). The van der Waals surface area contributed by atoms with Crippen LogP contribution < -0.4 is 19.6 Å². The highest BCUT2D eigenvalue weighted by Crippen LogP contribution is 2.32. The molecule has 3 aliphatic rings. The van der Waals surface area contributed by atoms with Crippen molar-refractivity contribution in [1.29, 1.82) is 0 Å². The molecule has 0 spiro atoms. The van der Waals surface area contributed by atoms with Gasteiger partial charge in [0, 0.05) is 63.6 Å². The van der Waals surface area contributed by atoms with Crippen LogP contribution in [0.2, 0.25) is 5.02 Å². The maximum atomic E-state index is 6.42. The third kappa shape index (κ3) is 4.32. The number of piperidine rings is 1. The van der Waals surface area contributed by atoms with Crippen LogP contribution in [0, 0.1) is 0 Å². The molecule has 0 amide bonds. The number of aromatic nitrogens is 3. The molecule has 3 fully saturated rings. The van der Waals surface area contributed by atoms with Gasteiger partial charge in [-0.15, -0.1) is 0 Å². The van der Waals surface area contributed by atoms with Crippen molar-refractivity contribution < 1.29 is 0 Å². The second kappa shape index (κ2) is 9.30. The van der Waals surface area contributed by atoms with Crippen molar-refractivity contribution in [3.8, 4) is 0 Å². The van der Waals surface area contributed by atoms with Crippen molar-refractivity contribution >= 4 is 35.0 Å². The van der Waals surface area contributed by atoms with Gasteiger partial charge >= 0.3 is 0 Å². The van der Waals surface area contributed by atoms with E-state index >= 15 is 0 Å². The first-order chi connectivity index (χ1) is 15.6. The Labute approximate surface area is 196 Å². The Kier molecular flexibility index (Phi) is 6.26. The van der Waals surface area contributed by atoms with Gasteiger partial charge in [0.1, 0.15) is 17.5 Å². The summed E-state index contributed by atoms with van der Waals surface area (Å²) in [6.07, 6.45) is 8.06. The zero-order valence-corrected chi connectivity index (χ0v) is 20.0. The Bertz CT molecular complexity index is 932. The second-order valence-electron chi connectivity index (χ2n) is 9.41. The maximum absolute atomic E-state index is 6.42. The number of anilines is 4. The Morgan fingerprint density at radius 1 is 0.844 bits per heavy atom. The third-order valence-corrected chi connectivity index (χ3v) is 7.43. The van der Waals surface area contributed by atoms with Crippen LogP contribution in [0.15, 0.2) is 24.4 Å². The lowest BCUT2D eigenvalue weighted by atomic mass is 10.1. The van der Waals surface area contributed by atoms with Crippen molar-refractivity contribution in [3.63, 3.8) is 0 Å².